The van der Waals surface area contributed by atoms with E-state index in [1.807, 2.05) is 74.5 Å². The Morgan fingerprint density at radius 1 is 0.969 bits per heavy atom. The van der Waals surface area contributed by atoms with E-state index in [9.17, 15) is 14.7 Å². The molecule has 1 heterocycles. The molecule has 4 rings (SSSR count). The summed E-state index contributed by atoms with van der Waals surface area (Å²) in [6, 6.07) is 20.0. The van der Waals surface area contributed by atoms with Crippen molar-refractivity contribution in [2.45, 2.75) is 32.7 Å². The van der Waals surface area contributed by atoms with Gasteiger partial charge in [0.05, 0.1) is 18.2 Å². The van der Waals surface area contributed by atoms with Gasteiger partial charge in [-0.15, -0.1) is 0 Å². The number of nitrogens with zero attached hydrogens (tertiary/aromatic N) is 1. The summed E-state index contributed by atoms with van der Waals surface area (Å²) < 4.78 is 5.78. The fourth-order valence-corrected chi connectivity index (χ4v) is 4.27. The highest BCUT2D eigenvalue weighted by atomic mass is 16.5. The lowest BCUT2D eigenvalue weighted by Gasteiger charge is -2.25. The highest BCUT2D eigenvalue weighted by Crippen LogP contribution is 2.41. The van der Waals surface area contributed by atoms with Crippen molar-refractivity contribution >= 4 is 28.2 Å². The predicted octanol–water partition coefficient (Wildman–Crippen LogP) is 5.46. The van der Waals surface area contributed by atoms with Crippen molar-refractivity contribution in [1.82, 2.24) is 4.90 Å². The van der Waals surface area contributed by atoms with Gasteiger partial charge in [0, 0.05) is 12.1 Å². The maximum atomic E-state index is 13.1. The standard InChI is InChI=1S/C27H27NO4/c1-3-15-28-24(19-11-7-12-20(17-19)32-16-4-2)23(26(30)27(28)31)25(29)22-14-8-10-18-9-5-6-13-21(18)22/h5-14,17,24,29H,3-4,15-16H2,1-2H3/b25-23-. The number of carbonyl (C=O) groups excluding carboxylic acids is 2. The number of rotatable bonds is 7. The van der Waals surface area contributed by atoms with Crippen molar-refractivity contribution in [2.75, 3.05) is 13.2 Å². The predicted molar refractivity (Wildman–Crippen MR) is 125 cm³/mol. The van der Waals surface area contributed by atoms with Gasteiger partial charge in [0.1, 0.15) is 11.5 Å². The van der Waals surface area contributed by atoms with Crippen LogP contribution < -0.4 is 4.74 Å². The molecule has 0 radical (unpaired) electrons. The summed E-state index contributed by atoms with van der Waals surface area (Å²) >= 11 is 0. The van der Waals surface area contributed by atoms with Crippen LogP contribution in [0.15, 0.2) is 72.3 Å². The van der Waals surface area contributed by atoms with Crippen molar-refractivity contribution in [3.8, 4) is 5.75 Å². The zero-order valence-corrected chi connectivity index (χ0v) is 18.4. The molecule has 0 bridgehead atoms. The van der Waals surface area contributed by atoms with Gasteiger partial charge in [-0.3, -0.25) is 9.59 Å². The Hall–Kier alpha value is -3.60. The fraction of sp³-hybridized carbons (Fsp3) is 0.259. The summed E-state index contributed by atoms with van der Waals surface area (Å²) in [5, 5.41) is 13.2. The number of carbonyl (C=O) groups is 2. The number of hydrogen-bond donors (Lipinski definition) is 1. The molecule has 1 saturated heterocycles. The maximum Gasteiger partial charge on any atom is 0.295 e. The van der Waals surface area contributed by atoms with Crippen LogP contribution in [0.3, 0.4) is 0 Å². The Morgan fingerprint density at radius 2 is 1.72 bits per heavy atom. The van der Waals surface area contributed by atoms with Gasteiger partial charge in [-0.25, -0.2) is 0 Å². The molecule has 3 aromatic rings. The average Bonchev–Trinajstić information content (AvgIpc) is 3.07. The largest absolute Gasteiger partial charge is 0.507 e. The van der Waals surface area contributed by atoms with Crippen molar-refractivity contribution in [1.29, 1.82) is 0 Å². The number of aliphatic hydroxyl groups excluding tert-OH is 1. The van der Waals surface area contributed by atoms with E-state index in [4.69, 9.17) is 4.74 Å². The Kier molecular flexibility index (Phi) is 6.26. The van der Waals surface area contributed by atoms with E-state index in [0.29, 0.717) is 30.9 Å². The quantitative estimate of drug-likeness (QED) is 0.308. The van der Waals surface area contributed by atoms with Crippen LogP contribution in [0.25, 0.3) is 16.5 Å². The van der Waals surface area contributed by atoms with Crippen LogP contribution in [0.5, 0.6) is 5.75 Å². The molecule has 0 aromatic heterocycles. The number of aliphatic hydroxyl groups is 1. The highest BCUT2D eigenvalue weighted by molar-refractivity contribution is 6.46. The highest BCUT2D eigenvalue weighted by Gasteiger charge is 2.45. The van der Waals surface area contributed by atoms with Crippen molar-refractivity contribution in [3.05, 3.63) is 83.4 Å². The molecule has 164 valence electrons. The molecule has 1 atom stereocenters. The summed E-state index contributed by atoms with van der Waals surface area (Å²) in [5.41, 5.74) is 1.40. The van der Waals surface area contributed by atoms with Crippen molar-refractivity contribution in [2.24, 2.45) is 0 Å². The minimum Gasteiger partial charge on any atom is -0.507 e. The minimum absolute atomic E-state index is 0.118. The minimum atomic E-state index is -0.668. The van der Waals surface area contributed by atoms with Gasteiger partial charge < -0.3 is 14.7 Å². The lowest BCUT2D eigenvalue weighted by atomic mass is 9.93. The number of Topliss-reactive ketones (excluding diaryl/α,β-unsaturated/α-hetero) is 1. The third-order valence-electron chi connectivity index (χ3n) is 5.70. The molecule has 1 N–H and O–H groups in total. The lowest BCUT2D eigenvalue weighted by molar-refractivity contribution is -0.139. The Labute approximate surface area is 187 Å². The second-order valence-electron chi connectivity index (χ2n) is 7.94. The average molecular weight is 430 g/mol. The first-order valence-electron chi connectivity index (χ1n) is 11.1. The number of likely N-dealkylation sites (tertiary alicyclic amines) is 1. The van der Waals surface area contributed by atoms with Crippen LogP contribution in [-0.2, 0) is 9.59 Å². The van der Waals surface area contributed by atoms with Gasteiger partial charge in [-0.05, 0) is 41.3 Å². The molecule has 3 aromatic carbocycles. The summed E-state index contributed by atoms with van der Waals surface area (Å²) in [7, 11) is 0. The Balaban J connectivity index is 1.90. The Bertz CT molecular complexity index is 1190. The SMILES string of the molecule is CCCOc1cccc(C2/C(=C(/O)c3cccc4ccccc34)C(=O)C(=O)N2CCC)c1. The molecule has 1 aliphatic heterocycles. The van der Waals surface area contributed by atoms with E-state index in [0.717, 1.165) is 22.8 Å². The molecule has 5 heteroatoms. The van der Waals surface area contributed by atoms with Gasteiger partial charge in [0.25, 0.3) is 11.7 Å². The monoisotopic (exact) mass is 429 g/mol. The Morgan fingerprint density at radius 3 is 2.50 bits per heavy atom. The molecule has 1 amide bonds. The van der Waals surface area contributed by atoms with Gasteiger partial charge in [-0.1, -0.05) is 68.4 Å². The number of fused-ring (bicyclic) bond motifs is 1. The van der Waals surface area contributed by atoms with Gasteiger partial charge in [0.15, 0.2) is 0 Å². The molecule has 32 heavy (non-hydrogen) atoms. The first-order chi connectivity index (χ1) is 15.6. The number of ketones is 1. The molecule has 1 unspecified atom stereocenters. The molecular formula is C27H27NO4. The first kappa shape index (κ1) is 21.6. The second-order valence-corrected chi connectivity index (χ2v) is 7.94. The number of benzene rings is 3. The molecule has 0 spiro atoms. The zero-order chi connectivity index (χ0) is 22.7. The second kappa shape index (κ2) is 9.27. The van der Waals surface area contributed by atoms with E-state index in [1.165, 1.54) is 0 Å². The van der Waals surface area contributed by atoms with Crippen molar-refractivity contribution in [3.63, 3.8) is 0 Å². The van der Waals surface area contributed by atoms with E-state index in [-0.39, 0.29) is 11.3 Å². The van der Waals surface area contributed by atoms with Crippen LogP contribution in [0, 0.1) is 0 Å². The summed E-state index contributed by atoms with van der Waals surface area (Å²) in [6.07, 6.45) is 1.57. The van der Waals surface area contributed by atoms with Crippen LogP contribution in [-0.4, -0.2) is 34.8 Å². The van der Waals surface area contributed by atoms with Crippen LogP contribution in [0.2, 0.25) is 0 Å². The molecule has 5 nitrogen and oxygen atoms in total. The van der Waals surface area contributed by atoms with E-state index >= 15 is 0 Å². The number of hydrogen-bond acceptors (Lipinski definition) is 4. The molecule has 0 saturated carbocycles. The fourth-order valence-electron chi connectivity index (χ4n) is 4.27. The van der Waals surface area contributed by atoms with Crippen molar-refractivity contribution < 1.29 is 19.4 Å². The maximum absolute atomic E-state index is 13.1. The van der Waals surface area contributed by atoms with Crippen LogP contribution >= 0.6 is 0 Å². The summed E-state index contributed by atoms with van der Waals surface area (Å²) in [6.45, 7) is 4.99. The smallest absolute Gasteiger partial charge is 0.295 e. The summed E-state index contributed by atoms with van der Waals surface area (Å²) in [5.74, 6) is -0.715. The van der Waals surface area contributed by atoms with E-state index in [2.05, 4.69) is 0 Å². The number of amides is 1. The van der Waals surface area contributed by atoms with Crippen LogP contribution in [0.1, 0.15) is 43.9 Å². The van der Waals surface area contributed by atoms with Gasteiger partial charge in [-0.2, -0.15) is 0 Å². The normalized spacial score (nSPS) is 17.8. The zero-order valence-electron chi connectivity index (χ0n) is 18.4. The molecule has 1 aliphatic rings. The van der Waals surface area contributed by atoms with E-state index < -0.39 is 17.7 Å². The topological polar surface area (TPSA) is 66.8 Å². The van der Waals surface area contributed by atoms with Crippen LogP contribution in [0.4, 0.5) is 0 Å². The molecule has 1 fully saturated rings. The van der Waals surface area contributed by atoms with E-state index in [1.54, 1.807) is 11.0 Å². The number of ether oxygens (including phenoxy) is 1. The molecule has 0 aliphatic carbocycles. The lowest BCUT2D eigenvalue weighted by Crippen LogP contribution is -2.30. The third kappa shape index (κ3) is 3.86. The van der Waals surface area contributed by atoms with Gasteiger partial charge in [0.2, 0.25) is 0 Å². The third-order valence-corrected chi connectivity index (χ3v) is 5.70. The summed E-state index contributed by atoms with van der Waals surface area (Å²) in [4.78, 5) is 27.6. The molecular weight excluding hydrogens is 402 g/mol. The van der Waals surface area contributed by atoms with Gasteiger partial charge >= 0.3 is 0 Å². The first-order valence-corrected chi connectivity index (χ1v) is 11.1.